The van der Waals surface area contributed by atoms with Gasteiger partial charge in [-0.1, -0.05) is 17.7 Å². The van der Waals surface area contributed by atoms with Crippen LogP contribution in [0.4, 0.5) is 18.9 Å². The van der Waals surface area contributed by atoms with Gasteiger partial charge in [-0.2, -0.15) is 13.2 Å². The number of aromatic nitrogens is 2. The van der Waals surface area contributed by atoms with Gasteiger partial charge in [0.1, 0.15) is 0 Å². The number of rotatable bonds is 2. The van der Waals surface area contributed by atoms with E-state index in [1.54, 1.807) is 47.5 Å². The molecule has 0 N–H and O–H groups in total. The largest absolute Gasteiger partial charge is 0.416 e. The highest BCUT2D eigenvalue weighted by atomic mass is 35.5. The summed E-state index contributed by atoms with van der Waals surface area (Å²) in [5.41, 5.74) is 0.391. The molecule has 2 aromatic heterocycles. The summed E-state index contributed by atoms with van der Waals surface area (Å²) in [7, 11) is 0. The molecule has 1 fully saturated rings. The second-order valence-electron chi connectivity index (χ2n) is 8.02. The van der Waals surface area contributed by atoms with Crippen LogP contribution in [-0.4, -0.2) is 46.4 Å². The summed E-state index contributed by atoms with van der Waals surface area (Å²) < 4.78 is 40.5. The maximum atomic E-state index is 13.3. The van der Waals surface area contributed by atoms with Crippen molar-refractivity contribution in [2.24, 2.45) is 0 Å². The van der Waals surface area contributed by atoms with Gasteiger partial charge in [-0.05, 0) is 48.5 Å². The van der Waals surface area contributed by atoms with Crippen LogP contribution in [-0.2, 0) is 6.18 Å². The van der Waals surface area contributed by atoms with E-state index in [1.807, 2.05) is 4.90 Å². The zero-order chi connectivity index (χ0) is 24.0. The molecule has 0 bridgehead atoms. The minimum atomic E-state index is -4.41. The second-order valence-corrected chi connectivity index (χ2v) is 8.46. The number of hydrogen-bond donors (Lipinski definition) is 0. The van der Waals surface area contributed by atoms with Crippen LogP contribution >= 0.6 is 11.6 Å². The lowest BCUT2D eigenvalue weighted by molar-refractivity contribution is -0.137. The third kappa shape index (κ3) is 3.96. The Morgan fingerprint density at radius 3 is 2.47 bits per heavy atom. The zero-order valence-electron chi connectivity index (χ0n) is 17.7. The van der Waals surface area contributed by atoms with E-state index in [2.05, 4.69) is 4.98 Å². The number of amides is 1. The summed E-state index contributed by atoms with van der Waals surface area (Å²) in [6.45, 7) is 1.41. The summed E-state index contributed by atoms with van der Waals surface area (Å²) in [4.78, 5) is 34.2. The third-order valence-electron chi connectivity index (χ3n) is 5.94. The zero-order valence-corrected chi connectivity index (χ0v) is 18.5. The molecular formula is C24H18ClF3N4O2. The van der Waals surface area contributed by atoms with Crippen LogP contribution in [0.3, 0.4) is 0 Å². The minimum Gasteiger partial charge on any atom is -0.368 e. The Balaban J connectivity index is 1.41. The molecule has 2 aromatic carbocycles. The molecule has 0 saturated carbocycles. The molecule has 4 aromatic rings. The molecular weight excluding hydrogens is 469 g/mol. The number of halogens is 4. The number of nitrogens with zero attached hydrogens (tertiary/aromatic N) is 4. The van der Waals surface area contributed by atoms with E-state index in [9.17, 15) is 22.8 Å². The molecule has 1 aliphatic rings. The SMILES string of the molecule is O=C(c1cccn2c(=O)c3cc(Cl)ccc3nc12)N1CCN(c2cccc(C(F)(F)F)c2)CC1. The Kier molecular flexibility index (Phi) is 5.44. The molecule has 10 heteroatoms. The van der Waals surface area contributed by atoms with E-state index < -0.39 is 11.7 Å². The average Bonchev–Trinajstić information content (AvgIpc) is 2.84. The Labute approximate surface area is 196 Å². The van der Waals surface area contributed by atoms with E-state index in [0.29, 0.717) is 47.8 Å². The highest BCUT2D eigenvalue weighted by Crippen LogP contribution is 2.32. The number of hydrogen-bond acceptors (Lipinski definition) is 4. The first-order chi connectivity index (χ1) is 16.2. The standard InChI is InChI=1S/C24H18ClF3N4O2/c25-16-6-7-20-19(14-16)23(34)32-8-2-5-18(21(32)29-20)22(33)31-11-9-30(10-12-31)17-4-1-3-15(13-17)24(26,27)28/h1-8,13-14H,9-12H2. The maximum Gasteiger partial charge on any atom is 0.416 e. The van der Waals surface area contributed by atoms with Crippen LogP contribution < -0.4 is 10.5 Å². The second kappa shape index (κ2) is 8.32. The van der Waals surface area contributed by atoms with E-state index >= 15 is 0 Å². The van der Waals surface area contributed by atoms with Crippen LogP contribution in [0.5, 0.6) is 0 Å². The van der Waals surface area contributed by atoms with Gasteiger partial charge in [0.15, 0.2) is 5.65 Å². The van der Waals surface area contributed by atoms with Crippen LogP contribution in [0.2, 0.25) is 5.02 Å². The lowest BCUT2D eigenvalue weighted by Gasteiger charge is -2.36. The number of anilines is 1. The summed E-state index contributed by atoms with van der Waals surface area (Å²) in [5, 5.41) is 0.765. The van der Waals surface area contributed by atoms with Crippen molar-refractivity contribution in [1.82, 2.24) is 14.3 Å². The number of fused-ring (bicyclic) bond motifs is 2. The van der Waals surface area contributed by atoms with Gasteiger partial charge in [0.25, 0.3) is 11.5 Å². The van der Waals surface area contributed by atoms with Gasteiger partial charge < -0.3 is 9.80 Å². The molecule has 5 rings (SSSR count). The van der Waals surface area contributed by atoms with Crippen LogP contribution in [0.15, 0.2) is 65.6 Å². The fraction of sp³-hybridized carbons (Fsp3) is 0.208. The first kappa shape index (κ1) is 22.2. The first-order valence-electron chi connectivity index (χ1n) is 10.5. The van der Waals surface area contributed by atoms with Crippen molar-refractivity contribution in [1.29, 1.82) is 0 Å². The molecule has 0 spiro atoms. The Morgan fingerprint density at radius 2 is 1.74 bits per heavy atom. The third-order valence-corrected chi connectivity index (χ3v) is 6.17. The quantitative estimate of drug-likeness (QED) is 0.392. The lowest BCUT2D eigenvalue weighted by Crippen LogP contribution is -2.49. The molecule has 174 valence electrons. The summed E-state index contributed by atoms with van der Waals surface area (Å²) >= 11 is 6.02. The van der Waals surface area contributed by atoms with Gasteiger partial charge in [0.05, 0.1) is 22.0 Å². The predicted molar refractivity (Wildman–Crippen MR) is 124 cm³/mol. The van der Waals surface area contributed by atoms with E-state index in [1.165, 1.54) is 10.5 Å². The molecule has 3 heterocycles. The van der Waals surface area contributed by atoms with Crippen molar-refractivity contribution >= 4 is 39.7 Å². The molecule has 0 aliphatic carbocycles. The molecule has 1 amide bonds. The molecule has 6 nitrogen and oxygen atoms in total. The molecule has 1 saturated heterocycles. The molecule has 0 radical (unpaired) electrons. The number of benzene rings is 2. The predicted octanol–water partition coefficient (Wildman–Crippen LogP) is 4.48. The fourth-order valence-electron chi connectivity index (χ4n) is 4.18. The van der Waals surface area contributed by atoms with Crippen LogP contribution in [0.1, 0.15) is 15.9 Å². The Morgan fingerprint density at radius 1 is 0.971 bits per heavy atom. The number of carbonyl (C=O) groups excluding carboxylic acids is 1. The van der Waals surface area contributed by atoms with Gasteiger partial charge in [-0.15, -0.1) is 0 Å². The van der Waals surface area contributed by atoms with Crippen molar-refractivity contribution in [3.8, 4) is 0 Å². The maximum absolute atomic E-state index is 13.3. The monoisotopic (exact) mass is 486 g/mol. The van der Waals surface area contributed by atoms with Gasteiger partial charge >= 0.3 is 6.18 Å². The summed E-state index contributed by atoms with van der Waals surface area (Å²) in [5.74, 6) is -0.290. The normalized spacial score (nSPS) is 14.7. The lowest BCUT2D eigenvalue weighted by atomic mass is 10.1. The molecule has 34 heavy (non-hydrogen) atoms. The molecule has 0 atom stereocenters. The van der Waals surface area contributed by atoms with Gasteiger partial charge in [-0.25, -0.2) is 4.98 Å². The van der Waals surface area contributed by atoms with Crippen LogP contribution in [0, 0.1) is 0 Å². The summed E-state index contributed by atoms with van der Waals surface area (Å²) in [6.07, 6.45) is -2.86. The highest BCUT2D eigenvalue weighted by molar-refractivity contribution is 6.31. The van der Waals surface area contributed by atoms with E-state index in [0.717, 1.165) is 12.1 Å². The molecule has 1 aliphatic heterocycles. The van der Waals surface area contributed by atoms with E-state index in [4.69, 9.17) is 11.6 Å². The van der Waals surface area contributed by atoms with Gasteiger partial charge in [-0.3, -0.25) is 14.0 Å². The molecule has 0 unspecified atom stereocenters. The minimum absolute atomic E-state index is 0.243. The van der Waals surface area contributed by atoms with Crippen molar-refractivity contribution in [3.63, 3.8) is 0 Å². The van der Waals surface area contributed by atoms with Crippen molar-refractivity contribution in [3.05, 3.63) is 87.3 Å². The number of alkyl halides is 3. The fourth-order valence-corrected chi connectivity index (χ4v) is 4.36. The average molecular weight is 487 g/mol. The Hall–Kier alpha value is -3.59. The summed E-state index contributed by atoms with van der Waals surface area (Å²) in [6, 6.07) is 13.2. The van der Waals surface area contributed by atoms with Gasteiger partial charge in [0.2, 0.25) is 0 Å². The van der Waals surface area contributed by atoms with Gasteiger partial charge in [0, 0.05) is 43.1 Å². The highest BCUT2D eigenvalue weighted by Gasteiger charge is 2.31. The van der Waals surface area contributed by atoms with E-state index in [-0.39, 0.29) is 22.7 Å². The number of carbonyl (C=O) groups is 1. The smallest absolute Gasteiger partial charge is 0.368 e. The Bertz CT molecular complexity index is 1480. The van der Waals surface area contributed by atoms with Crippen molar-refractivity contribution in [2.45, 2.75) is 6.18 Å². The number of piperazine rings is 1. The van der Waals surface area contributed by atoms with Crippen LogP contribution in [0.25, 0.3) is 16.6 Å². The number of pyridine rings is 1. The van der Waals surface area contributed by atoms with Crippen molar-refractivity contribution in [2.75, 3.05) is 31.1 Å². The van der Waals surface area contributed by atoms with Crippen molar-refractivity contribution < 1.29 is 18.0 Å². The topological polar surface area (TPSA) is 57.9 Å². The first-order valence-corrected chi connectivity index (χ1v) is 10.9.